The number of halogens is 3. The lowest BCUT2D eigenvalue weighted by molar-refractivity contribution is 0.628. The predicted molar refractivity (Wildman–Crippen MR) is 74.9 cm³/mol. The average Bonchev–Trinajstić information content (AvgIpc) is 2.36. The molecule has 2 rings (SSSR count). The van der Waals surface area contributed by atoms with E-state index in [9.17, 15) is 4.39 Å². The van der Waals surface area contributed by atoms with E-state index in [2.05, 4.69) is 5.32 Å². The van der Waals surface area contributed by atoms with Crippen molar-refractivity contribution >= 4 is 28.9 Å². The van der Waals surface area contributed by atoms with Crippen LogP contribution in [0.25, 0.3) is 0 Å². The van der Waals surface area contributed by atoms with Crippen LogP contribution in [0.15, 0.2) is 36.4 Å². The molecule has 0 spiro atoms. The fourth-order valence-corrected chi connectivity index (χ4v) is 2.08. The Balaban J connectivity index is 2.12. The first kappa shape index (κ1) is 13.7. The summed E-state index contributed by atoms with van der Waals surface area (Å²) in [6.45, 7) is 0.421. The number of nitrogens with one attached hydrogen (secondary N) is 1. The third-order valence-corrected chi connectivity index (χ3v) is 3.10. The summed E-state index contributed by atoms with van der Waals surface area (Å²) in [5.41, 5.74) is 1.90. The van der Waals surface area contributed by atoms with Gasteiger partial charge in [-0.1, -0.05) is 29.3 Å². The summed E-state index contributed by atoms with van der Waals surface area (Å²) in [6, 6.07) is 11.3. The molecule has 2 nitrogen and oxygen atoms in total. The highest BCUT2D eigenvalue weighted by atomic mass is 35.5. The maximum absolute atomic E-state index is 13.1. The Morgan fingerprint density at radius 2 is 1.95 bits per heavy atom. The first-order valence-corrected chi connectivity index (χ1v) is 6.22. The van der Waals surface area contributed by atoms with Gasteiger partial charge in [-0.2, -0.15) is 5.26 Å². The number of nitrogens with zero attached hydrogens (tertiary/aromatic N) is 1. The molecule has 0 radical (unpaired) electrons. The Morgan fingerprint density at radius 3 is 2.58 bits per heavy atom. The second-order valence-corrected chi connectivity index (χ2v) is 4.77. The Labute approximate surface area is 120 Å². The van der Waals surface area contributed by atoms with E-state index < -0.39 is 5.82 Å². The summed E-state index contributed by atoms with van der Waals surface area (Å²) in [7, 11) is 0. The quantitative estimate of drug-likeness (QED) is 0.897. The van der Waals surface area contributed by atoms with Gasteiger partial charge in [0, 0.05) is 22.3 Å². The minimum atomic E-state index is -0.402. The second-order valence-electron chi connectivity index (χ2n) is 3.93. The number of anilines is 1. The van der Waals surface area contributed by atoms with Crippen molar-refractivity contribution in [3.63, 3.8) is 0 Å². The van der Waals surface area contributed by atoms with Crippen molar-refractivity contribution in [1.82, 2.24) is 0 Å². The highest BCUT2D eigenvalue weighted by Crippen LogP contribution is 2.21. The number of hydrogen-bond donors (Lipinski definition) is 1. The summed E-state index contributed by atoms with van der Waals surface area (Å²) in [4.78, 5) is 0. The third kappa shape index (κ3) is 3.60. The molecule has 1 N–H and O–H groups in total. The van der Waals surface area contributed by atoms with Crippen LogP contribution in [0.3, 0.4) is 0 Å². The molecule has 0 amide bonds. The Bertz CT molecular complexity index is 630. The molecule has 0 saturated heterocycles. The summed E-state index contributed by atoms with van der Waals surface area (Å²) in [5, 5.41) is 12.6. The van der Waals surface area contributed by atoms with Crippen molar-refractivity contribution in [2.75, 3.05) is 5.32 Å². The van der Waals surface area contributed by atoms with Crippen molar-refractivity contribution in [2.24, 2.45) is 0 Å². The van der Waals surface area contributed by atoms with Gasteiger partial charge in [0.05, 0.1) is 11.6 Å². The molecular weight excluding hydrogens is 286 g/mol. The van der Waals surface area contributed by atoms with Gasteiger partial charge in [0.25, 0.3) is 0 Å². The molecule has 0 aliphatic rings. The molecule has 5 heteroatoms. The van der Waals surface area contributed by atoms with Crippen molar-refractivity contribution in [3.05, 3.63) is 63.4 Å². The van der Waals surface area contributed by atoms with Crippen molar-refractivity contribution in [2.45, 2.75) is 6.54 Å². The van der Waals surface area contributed by atoms with Gasteiger partial charge in [-0.15, -0.1) is 0 Å². The molecule has 0 fully saturated rings. The van der Waals surface area contributed by atoms with Crippen LogP contribution in [0.2, 0.25) is 10.0 Å². The predicted octanol–water partition coefficient (Wildman–Crippen LogP) is 4.62. The molecule has 0 saturated carbocycles. The molecular formula is C14H9Cl2FN2. The maximum Gasteiger partial charge on any atom is 0.126 e. The first-order chi connectivity index (χ1) is 9.08. The van der Waals surface area contributed by atoms with Gasteiger partial charge in [0.15, 0.2) is 0 Å². The summed E-state index contributed by atoms with van der Waals surface area (Å²) >= 11 is 11.8. The second kappa shape index (κ2) is 5.92. The largest absolute Gasteiger partial charge is 0.381 e. The standard InChI is InChI=1S/C14H9Cl2FN2/c15-11-4-12(17)6-13(5-11)19-8-10-2-1-9(7-18)3-14(10)16/h1-6,19H,8H2. The van der Waals surface area contributed by atoms with Crippen LogP contribution in [-0.2, 0) is 6.54 Å². The third-order valence-electron chi connectivity index (χ3n) is 2.53. The first-order valence-electron chi connectivity index (χ1n) is 5.47. The van der Waals surface area contributed by atoms with Gasteiger partial charge in [0.1, 0.15) is 5.82 Å². The molecule has 96 valence electrons. The number of benzene rings is 2. The Kier molecular flexibility index (Phi) is 4.26. The number of rotatable bonds is 3. The molecule has 0 aliphatic heterocycles. The summed E-state index contributed by atoms with van der Waals surface area (Å²) in [6.07, 6.45) is 0. The molecule has 2 aromatic carbocycles. The van der Waals surface area contributed by atoms with Crippen LogP contribution in [0.4, 0.5) is 10.1 Å². The van der Waals surface area contributed by atoms with E-state index in [-0.39, 0.29) is 0 Å². The lowest BCUT2D eigenvalue weighted by atomic mass is 10.1. The van der Waals surface area contributed by atoms with Crippen LogP contribution in [0.5, 0.6) is 0 Å². The molecule has 2 aromatic rings. The van der Waals surface area contributed by atoms with E-state index in [1.165, 1.54) is 12.1 Å². The van der Waals surface area contributed by atoms with E-state index in [0.29, 0.717) is 27.8 Å². The van der Waals surface area contributed by atoms with Gasteiger partial charge < -0.3 is 5.32 Å². The Hall–Kier alpha value is -1.76. The van der Waals surface area contributed by atoms with Crippen molar-refractivity contribution in [3.8, 4) is 6.07 Å². The van der Waals surface area contributed by atoms with Crippen LogP contribution < -0.4 is 5.32 Å². The van der Waals surface area contributed by atoms with Gasteiger partial charge in [0.2, 0.25) is 0 Å². The van der Waals surface area contributed by atoms with Crippen LogP contribution in [0, 0.1) is 17.1 Å². The fraction of sp³-hybridized carbons (Fsp3) is 0.0714. The van der Waals surface area contributed by atoms with Crippen LogP contribution in [-0.4, -0.2) is 0 Å². The monoisotopic (exact) mass is 294 g/mol. The van der Waals surface area contributed by atoms with Gasteiger partial charge in [-0.25, -0.2) is 4.39 Å². The molecule has 0 unspecified atom stereocenters. The molecule has 0 aliphatic carbocycles. The van der Waals surface area contributed by atoms with Crippen molar-refractivity contribution in [1.29, 1.82) is 5.26 Å². The van der Waals surface area contributed by atoms with Crippen LogP contribution >= 0.6 is 23.2 Å². The highest BCUT2D eigenvalue weighted by molar-refractivity contribution is 6.31. The lowest BCUT2D eigenvalue weighted by Gasteiger charge is -2.09. The topological polar surface area (TPSA) is 35.8 Å². The molecule has 0 bridgehead atoms. The van der Waals surface area contributed by atoms with Gasteiger partial charge in [-0.05, 0) is 35.9 Å². The average molecular weight is 295 g/mol. The fourth-order valence-electron chi connectivity index (χ4n) is 1.61. The maximum atomic E-state index is 13.1. The zero-order valence-corrected chi connectivity index (χ0v) is 11.3. The smallest absolute Gasteiger partial charge is 0.126 e. The molecule has 19 heavy (non-hydrogen) atoms. The summed E-state index contributed by atoms with van der Waals surface area (Å²) < 4.78 is 13.1. The lowest BCUT2D eigenvalue weighted by Crippen LogP contribution is -2.00. The summed E-state index contributed by atoms with van der Waals surface area (Å²) in [5.74, 6) is -0.402. The van der Waals surface area contributed by atoms with E-state index >= 15 is 0 Å². The Morgan fingerprint density at radius 1 is 1.16 bits per heavy atom. The molecule has 0 atom stereocenters. The van der Waals surface area contributed by atoms with Crippen molar-refractivity contribution < 1.29 is 4.39 Å². The van der Waals surface area contributed by atoms with Gasteiger partial charge >= 0.3 is 0 Å². The molecule has 0 heterocycles. The number of hydrogen-bond acceptors (Lipinski definition) is 2. The highest BCUT2D eigenvalue weighted by Gasteiger charge is 2.03. The van der Waals surface area contributed by atoms with E-state index in [0.717, 1.165) is 5.56 Å². The molecule has 0 aromatic heterocycles. The zero-order chi connectivity index (χ0) is 13.8. The number of nitriles is 1. The minimum Gasteiger partial charge on any atom is -0.381 e. The SMILES string of the molecule is N#Cc1ccc(CNc2cc(F)cc(Cl)c2)c(Cl)c1. The minimum absolute atomic E-state index is 0.327. The zero-order valence-electron chi connectivity index (χ0n) is 9.75. The van der Waals surface area contributed by atoms with Gasteiger partial charge in [-0.3, -0.25) is 0 Å². The van der Waals surface area contributed by atoms with E-state index in [1.807, 2.05) is 6.07 Å². The van der Waals surface area contributed by atoms with Crippen LogP contribution in [0.1, 0.15) is 11.1 Å². The normalized spacial score (nSPS) is 10.0. The van der Waals surface area contributed by atoms with E-state index in [1.54, 1.807) is 24.3 Å². The van der Waals surface area contributed by atoms with E-state index in [4.69, 9.17) is 28.5 Å².